The van der Waals surface area contributed by atoms with Crippen LogP contribution in [0.15, 0.2) is 147 Å². The molecule has 0 spiro atoms. The molecule has 226 valence electrons. The second-order valence-corrected chi connectivity index (χ2v) is 10.7. The van der Waals surface area contributed by atoms with Crippen molar-refractivity contribution >= 4 is 17.2 Å². The van der Waals surface area contributed by atoms with E-state index in [0.29, 0.717) is 51.4 Å². The van der Waals surface area contributed by atoms with Crippen molar-refractivity contribution in [2.24, 2.45) is 0 Å². The molecule has 7 aromatic rings. The van der Waals surface area contributed by atoms with Crippen molar-refractivity contribution in [3.8, 4) is 0 Å². The maximum absolute atomic E-state index is 5.06. The molecular formula is C35H26N12. The fourth-order valence-corrected chi connectivity index (χ4v) is 6.43. The second kappa shape index (κ2) is 11.7. The van der Waals surface area contributed by atoms with Crippen LogP contribution in [0.2, 0.25) is 0 Å². The van der Waals surface area contributed by atoms with Gasteiger partial charge in [-0.1, -0.05) is 24.3 Å². The molecule has 12 heteroatoms. The highest BCUT2D eigenvalue weighted by Crippen LogP contribution is 2.58. The molecule has 2 unspecified atom stereocenters. The summed E-state index contributed by atoms with van der Waals surface area (Å²) in [4.78, 5) is 21.9. The van der Waals surface area contributed by atoms with Gasteiger partial charge in [0.25, 0.3) is 0 Å². The number of nitrogens with one attached hydrogen (secondary N) is 2. The van der Waals surface area contributed by atoms with E-state index in [9.17, 15) is 0 Å². The fraction of sp³-hybridized carbons (Fsp3) is 0.0571. The zero-order chi connectivity index (χ0) is 31.5. The number of aromatic amines is 1. The maximum Gasteiger partial charge on any atom is 0.167 e. The quantitative estimate of drug-likeness (QED) is 0.263. The van der Waals surface area contributed by atoms with Gasteiger partial charge >= 0.3 is 0 Å². The van der Waals surface area contributed by atoms with Crippen LogP contribution in [0.3, 0.4) is 0 Å². The Hall–Kier alpha value is -6.69. The van der Waals surface area contributed by atoms with Crippen LogP contribution in [-0.2, 0) is 11.1 Å². The van der Waals surface area contributed by atoms with E-state index in [4.69, 9.17) is 30.1 Å². The molecule has 8 rings (SSSR count). The summed E-state index contributed by atoms with van der Waals surface area (Å²) >= 11 is 0. The summed E-state index contributed by atoms with van der Waals surface area (Å²) in [6.07, 6.45) is 12.0. The Morgan fingerprint density at radius 1 is 0.511 bits per heavy atom. The standard InChI is InChI=1S/C35H26N12/c1-5-18-36-25(11-1)32-33(26-12-2-6-19-37-26)47(31-16-4-8-21-39-31)35(29-13-3-7-20-38-29,30-15-10-23-41-46-30)34(43-32,28-17-24-42-45-28)27-14-9-22-40-44-27/h1-24,43H,(H,42,45). The Kier molecular flexibility index (Phi) is 6.91. The van der Waals surface area contributed by atoms with Crippen LogP contribution in [0.4, 0.5) is 5.82 Å². The molecule has 0 saturated heterocycles. The normalized spacial score (nSPS) is 19.3. The zero-order valence-electron chi connectivity index (χ0n) is 24.8. The molecule has 0 amide bonds. The highest BCUT2D eigenvalue weighted by Gasteiger charge is 2.67. The number of rotatable bonds is 7. The summed E-state index contributed by atoms with van der Waals surface area (Å²) in [7, 11) is 0. The Morgan fingerprint density at radius 2 is 1.15 bits per heavy atom. The number of nitrogens with zero attached hydrogens (tertiary/aromatic N) is 10. The largest absolute Gasteiger partial charge is 0.363 e. The lowest BCUT2D eigenvalue weighted by Crippen LogP contribution is -2.70. The first-order chi connectivity index (χ1) is 23.3. The van der Waals surface area contributed by atoms with Gasteiger partial charge in [0.05, 0.1) is 45.6 Å². The van der Waals surface area contributed by atoms with Crippen LogP contribution in [0.1, 0.15) is 34.2 Å². The SMILES string of the molecule is c1ccc(C2=C(c3ccccn3)N(c3ccccn3)C(c3ccccn3)(c3cccnn3)C(c3cccnn3)(c3ccn[nH]3)N2)nc1. The molecule has 0 radical (unpaired) electrons. The number of hydrogen-bond acceptors (Lipinski definition) is 11. The van der Waals surface area contributed by atoms with Crippen LogP contribution >= 0.6 is 0 Å². The zero-order valence-corrected chi connectivity index (χ0v) is 24.8. The predicted molar refractivity (Wildman–Crippen MR) is 174 cm³/mol. The van der Waals surface area contributed by atoms with Crippen LogP contribution in [0, 0.1) is 0 Å². The van der Waals surface area contributed by atoms with Gasteiger partial charge in [0.15, 0.2) is 11.1 Å². The number of H-pyrrole nitrogens is 1. The maximum atomic E-state index is 5.06. The first kappa shape index (κ1) is 27.8. The minimum Gasteiger partial charge on any atom is -0.363 e. The van der Waals surface area contributed by atoms with Crippen LogP contribution < -0.4 is 10.2 Å². The molecular weight excluding hydrogens is 588 g/mol. The van der Waals surface area contributed by atoms with Gasteiger partial charge in [-0.25, -0.2) is 4.98 Å². The van der Waals surface area contributed by atoms with E-state index in [1.54, 1.807) is 43.4 Å². The highest BCUT2D eigenvalue weighted by atomic mass is 15.4. The average Bonchev–Trinajstić information content (AvgIpc) is 3.72. The van der Waals surface area contributed by atoms with Crippen molar-refractivity contribution in [2.75, 3.05) is 4.90 Å². The van der Waals surface area contributed by atoms with Crippen molar-refractivity contribution in [2.45, 2.75) is 11.1 Å². The molecule has 0 fully saturated rings. The topological polar surface area (TPSA) is 147 Å². The summed E-state index contributed by atoms with van der Waals surface area (Å²) in [6.45, 7) is 0. The van der Waals surface area contributed by atoms with Gasteiger partial charge in [-0.15, -0.1) is 0 Å². The molecule has 8 heterocycles. The molecule has 1 aliphatic rings. The Bertz CT molecular complexity index is 2060. The summed E-state index contributed by atoms with van der Waals surface area (Å²) < 4.78 is 0. The lowest BCUT2D eigenvalue weighted by Gasteiger charge is -2.58. The summed E-state index contributed by atoms with van der Waals surface area (Å²) in [5.41, 5.74) is 2.25. The Morgan fingerprint density at radius 3 is 1.72 bits per heavy atom. The van der Waals surface area contributed by atoms with E-state index in [-0.39, 0.29) is 0 Å². The Labute approximate surface area is 269 Å². The molecule has 0 aromatic carbocycles. The molecule has 0 aliphatic carbocycles. The third-order valence-corrected chi connectivity index (χ3v) is 8.20. The van der Waals surface area contributed by atoms with E-state index in [1.807, 2.05) is 103 Å². The lowest BCUT2D eigenvalue weighted by molar-refractivity contribution is 0.242. The summed E-state index contributed by atoms with van der Waals surface area (Å²) in [6, 6.07) is 32.6. The van der Waals surface area contributed by atoms with Crippen molar-refractivity contribution < 1.29 is 0 Å². The van der Waals surface area contributed by atoms with Crippen molar-refractivity contribution in [1.82, 2.24) is 55.8 Å². The van der Waals surface area contributed by atoms with E-state index >= 15 is 0 Å². The monoisotopic (exact) mass is 614 g/mol. The number of anilines is 1. The molecule has 12 nitrogen and oxygen atoms in total. The van der Waals surface area contributed by atoms with Gasteiger partial charge in [0.2, 0.25) is 0 Å². The van der Waals surface area contributed by atoms with Crippen LogP contribution in [0.25, 0.3) is 11.4 Å². The van der Waals surface area contributed by atoms with Crippen molar-refractivity contribution in [3.05, 3.63) is 181 Å². The van der Waals surface area contributed by atoms with Crippen LogP contribution in [-0.4, -0.2) is 50.5 Å². The van der Waals surface area contributed by atoms with Gasteiger partial charge in [0.1, 0.15) is 5.82 Å². The molecule has 7 aromatic heterocycles. The first-order valence-electron chi connectivity index (χ1n) is 14.9. The van der Waals surface area contributed by atoms with Crippen LogP contribution in [0.5, 0.6) is 0 Å². The molecule has 0 bridgehead atoms. The summed E-state index contributed by atoms with van der Waals surface area (Å²) in [5.74, 6) is 0.590. The fourth-order valence-electron chi connectivity index (χ4n) is 6.43. The minimum absolute atomic E-state index is 0.547. The first-order valence-corrected chi connectivity index (χ1v) is 14.9. The number of aromatic nitrogens is 10. The van der Waals surface area contributed by atoms with Gasteiger partial charge in [-0.05, 0) is 78.9 Å². The van der Waals surface area contributed by atoms with E-state index < -0.39 is 11.1 Å². The third-order valence-electron chi connectivity index (χ3n) is 8.20. The smallest absolute Gasteiger partial charge is 0.167 e. The molecule has 2 N–H and O–H groups in total. The third kappa shape index (κ3) is 4.34. The predicted octanol–water partition coefficient (Wildman–Crippen LogP) is 4.39. The van der Waals surface area contributed by atoms with Gasteiger partial charge in [-0.3, -0.25) is 20.1 Å². The molecule has 47 heavy (non-hydrogen) atoms. The number of hydrogen-bond donors (Lipinski definition) is 2. The second-order valence-electron chi connectivity index (χ2n) is 10.7. The van der Waals surface area contributed by atoms with Gasteiger partial charge in [-0.2, -0.15) is 25.5 Å². The minimum atomic E-state index is -1.41. The molecule has 2 atom stereocenters. The molecule has 0 saturated carbocycles. The van der Waals surface area contributed by atoms with Crippen molar-refractivity contribution in [3.63, 3.8) is 0 Å². The van der Waals surface area contributed by atoms with Gasteiger partial charge in [0, 0.05) is 43.4 Å². The van der Waals surface area contributed by atoms with E-state index in [2.05, 4.69) is 30.6 Å². The van der Waals surface area contributed by atoms with Crippen molar-refractivity contribution in [1.29, 1.82) is 0 Å². The lowest BCUT2D eigenvalue weighted by atomic mass is 9.64. The van der Waals surface area contributed by atoms with Gasteiger partial charge < -0.3 is 10.2 Å². The Balaban J connectivity index is 1.67. The summed E-state index contributed by atoms with van der Waals surface area (Å²) in [5, 5.41) is 30.1. The average molecular weight is 615 g/mol. The highest BCUT2D eigenvalue weighted by molar-refractivity contribution is 5.98. The van der Waals surface area contributed by atoms with E-state index in [1.165, 1.54) is 0 Å². The van der Waals surface area contributed by atoms with E-state index in [0.717, 1.165) is 0 Å². The number of pyridine rings is 4. The molecule has 1 aliphatic heterocycles.